The second kappa shape index (κ2) is 11.8. The van der Waals surface area contributed by atoms with Gasteiger partial charge in [0.15, 0.2) is 6.79 Å². The van der Waals surface area contributed by atoms with Crippen molar-refractivity contribution in [3.63, 3.8) is 0 Å². The Morgan fingerprint density at radius 1 is 1.00 bits per heavy atom. The minimum atomic E-state index is -1.27. The quantitative estimate of drug-likeness (QED) is 0.273. The number of carbonyl (C=O) groups excluding carboxylic acids is 2. The van der Waals surface area contributed by atoms with Crippen LogP contribution in [0, 0.1) is 5.92 Å². The van der Waals surface area contributed by atoms with Gasteiger partial charge in [-0.1, -0.05) is 19.9 Å². The van der Waals surface area contributed by atoms with Gasteiger partial charge in [0.2, 0.25) is 0 Å². The molecule has 3 N–H and O–H groups in total. The molecule has 2 rings (SSSR count). The molecule has 0 radical (unpaired) electrons. The zero-order valence-electron chi connectivity index (χ0n) is 18.2. The number of esters is 1. The number of hydrogen-bond acceptors (Lipinski definition) is 7. The van der Waals surface area contributed by atoms with E-state index in [4.69, 9.17) is 14.2 Å². The molecule has 32 heavy (non-hydrogen) atoms. The maximum Gasteiger partial charge on any atom is 0.341 e. The van der Waals surface area contributed by atoms with E-state index in [-0.39, 0.29) is 52.9 Å². The summed E-state index contributed by atoms with van der Waals surface area (Å²) < 4.78 is 15.0. The number of nitrogens with one attached hydrogen (secondary N) is 1. The number of carboxylic acids is 1. The summed E-state index contributed by atoms with van der Waals surface area (Å²) in [5.74, 6) is -2.42. The highest BCUT2D eigenvalue weighted by Crippen LogP contribution is 2.31. The van der Waals surface area contributed by atoms with E-state index in [9.17, 15) is 24.6 Å². The van der Waals surface area contributed by atoms with E-state index in [0.29, 0.717) is 13.2 Å². The number of hydrogen-bond donors (Lipinski definition) is 3. The molecule has 0 bridgehead atoms. The maximum absolute atomic E-state index is 12.6. The van der Waals surface area contributed by atoms with Crippen molar-refractivity contribution in [2.45, 2.75) is 13.8 Å². The highest BCUT2D eigenvalue weighted by Gasteiger charge is 2.21. The van der Waals surface area contributed by atoms with Crippen LogP contribution >= 0.6 is 0 Å². The molecular formula is C23H27NO8. The summed E-state index contributed by atoms with van der Waals surface area (Å²) in [6.07, 6.45) is 0. The molecule has 0 saturated carbocycles. The van der Waals surface area contributed by atoms with Crippen molar-refractivity contribution < 1.29 is 38.8 Å². The summed E-state index contributed by atoms with van der Waals surface area (Å²) in [5.41, 5.74) is 0.403. The van der Waals surface area contributed by atoms with E-state index in [0.717, 1.165) is 0 Å². The van der Waals surface area contributed by atoms with E-state index in [1.54, 1.807) is 0 Å². The highest BCUT2D eigenvalue weighted by atomic mass is 16.7. The topological polar surface area (TPSA) is 131 Å². The Bertz CT molecular complexity index is 970. The van der Waals surface area contributed by atoms with Gasteiger partial charge in [0.1, 0.15) is 5.75 Å². The van der Waals surface area contributed by atoms with Crippen LogP contribution in [-0.4, -0.2) is 61.7 Å². The standard InChI is InChI=1S/C23H27NO8/c1-14(2)12-24-21(26)15-4-6-17(19(10-15)22(27)28)18-7-5-16(25)11-20(18)23(29)32-13-31-9-8-30-3/h4-7,10-11,14,25H,8-9,12-13H2,1-3H3,(H,24,26)(H,27,28). The number of phenols is 1. The molecule has 0 unspecified atom stereocenters. The zero-order valence-corrected chi connectivity index (χ0v) is 18.2. The lowest BCUT2D eigenvalue weighted by Crippen LogP contribution is -2.27. The third-order valence-electron chi connectivity index (χ3n) is 4.40. The number of carbonyl (C=O) groups is 3. The second-order valence-electron chi connectivity index (χ2n) is 7.35. The molecule has 0 saturated heterocycles. The van der Waals surface area contributed by atoms with E-state index < -0.39 is 17.8 Å². The fraction of sp³-hybridized carbons (Fsp3) is 0.348. The van der Waals surface area contributed by atoms with Gasteiger partial charge in [0, 0.05) is 19.2 Å². The van der Waals surface area contributed by atoms with Crippen LogP contribution in [0.15, 0.2) is 36.4 Å². The normalized spacial score (nSPS) is 10.8. The first-order chi connectivity index (χ1) is 15.2. The predicted octanol–water partition coefficient (Wildman–Crippen LogP) is 2.92. The van der Waals surface area contributed by atoms with E-state index in [2.05, 4.69) is 5.32 Å². The number of aromatic hydroxyl groups is 1. The summed E-state index contributed by atoms with van der Waals surface area (Å²) in [6.45, 7) is 4.55. The zero-order chi connectivity index (χ0) is 23.7. The fourth-order valence-corrected chi connectivity index (χ4v) is 2.81. The molecule has 9 heteroatoms. The minimum Gasteiger partial charge on any atom is -0.508 e. The Morgan fingerprint density at radius 3 is 2.34 bits per heavy atom. The number of carboxylic acid groups (broad SMARTS) is 1. The van der Waals surface area contributed by atoms with Crippen molar-refractivity contribution in [3.8, 4) is 16.9 Å². The number of benzene rings is 2. The van der Waals surface area contributed by atoms with Crippen molar-refractivity contribution in [3.05, 3.63) is 53.1 Å². The molecule has 0 aromatic heterocycles. The summed E-state index contributed by atoms with van der Waals surface area (Å²) in [6, 6.07) is 8.11. The Kier molecular flexibility index (Phi) is 9.18. The first-order valence-corrected chi connectivity index (χ1v) is 9.97. The molecular weight excluding hydrogens is 418 g/mol. The van der Waals surface area contributed by atoms with Gasteiger partial charge >= 0.3 is 11.9 Å². The fourth-order valence-electron chi connectivity index (χ4n) is 2.81. The van der Waals surface area contributed by atoms with Gasteiger partial charge < -0.3 is 29.7 Å². The molecule has 0 aliphatic carbocycles. The van der Waals surface area contributed by atoms with Crippen LogP contribution in [0.25, 0.3) is 11.1 Å². The maximum atomic E-state index is 12.6. The molecule has 2 aromatic carbocycles. The Morgan fingerprint density at radius 2 is 1.69 bits per heavy atom. The smallest absolute Gasteiger partial charge is 0.341 e. The lowest BCUT2D eigenvalue weighted by Gasteiger charge is -2.14. The van der Waals surface area contributed by atoms with Crippen LogP contribution in [0.4, 0.5) is 0 Å². The van der Waals surface area contributed by atoms with Gasteiger partial charge in [0.05, 0.1) is 24.3 Å². The van der Waals surface area contributed by atoms with Gasteiger partial charge in [-0.2, -0.15) is 0 Å². The summed E-state index contributed by atoms with van der Waals surface area (Å²) in [5, 5.41) is 22.3. The van der Waals surface area contributed by atoms with Crippen LogP contribution in [-0.2, 0) is 14.2 Å². The molecule has 0 spiro atoms. The molecule has 1 amide bonds. The number of rotatable bonds is 11. The molecule has 172 valence electrons. The molecule has 0 fully saturated rings. The van der Waals surface area contributed by atoms with Crippen LogP contribution in [0.5, 0.6) is 5.75 Å². The lowest BCUT2D eigenvalue weighted by atomic mass is 9.93. The number of aromatic carboxylic acids is 1. The average molecular weight is 445 g/mol. The molecule has 0 aliphatic rings. The van der Waals surface area contributed by atoms with Gasteiger partial charge in [-0.3, -0.25) is 4.79 Å². The summed E-state index contributed by atoms with van der Waals surface area (Å²) in [7, 11) is 1.51. The van der Waals surface area contributed by atoms with Gasteiger partial charge in [-0.25, -0.2) is 9.59 Å². The molecule has 9 nitrogen and oxygen atoms in total. The number of phenolic OH excluding ortho intramolecular Hbond substituents is 1. The third kappa shape index (κ3) is 6.79. The average Bonchev–Trinajstić information content (AvgIpc) is 2.76. The van der Waals surface area contributed by atoms with Crippen molar-refractivity contribution in [2.24, 2.45) is 5.92 Å². The first-order valence-electron chi connectivity index (χ1n) is 9.97. The molecule has 0 atom stereocenters. The first kappa shape index (κ1) is 24.8. The van der Waals surface area contributed by atoms with Crippen LogP contribution in [0.1, 0.15) is 44.9 Å². The van der Waals surface area contributed by atoms with Crippen LogP contribution in [0.3, 0.4) is 0 Å². The highest BCUT2D eigenvalue weighted by molar-refractivity contribution is 6.05. The number of amides is 1. The van der Waals surface area contributed by atoms with E-state index in [1.165, 1.54) is 43.5 Å². The van der Waals surface area contributed by atoms with Gasteiger partial charge in [-0.05, 0) is 47.4 Å². The third-order valence-corrected chi connectivity index (χ3v) is 4.40. The predicted molar refractivity (Wildman–Crippen MR) is 116 cm³/mol. The minimum absolute atomic E-state index is 0.0418. The summed E-state index contributed by atoms with van der Waals surface area (Å²) >= 11 is 0. The van der Waals surface area contributed by atoms with E-state index >= 15 is 0 Å². The van der Waals surface area contributed by atoms with Crippen molar-refractivity contribution >= 4 is 17.8 Å². The Balaban J connectivity index is 2.36. The number of methoxy groups -OCH3 is 1. The largest absolute Gasteiger partial charge is 0.508 e. The lowest BCUT2D eigenvalue weighted by molar-refractivity contribution is -0.0435. The Labute approximate surface area is 185 Å². The Hall–Kier alpha value is -3.43. The SMILES string of the molecule is COCCOCOC(=O)c1cc(O)ccc1-c1ccc(C(=O)NCC(C)C)cc1C(=O)O. The monoisotopic (exact) mass is 445 g/mol. The van der Waals surface area contributed by atoms with Gasteiger partial charge in [-0.15, -0.1) is 0 Å². The van der Waals surface area contributed by atoms with Crippen molar-refractivity contribution in [1.29, 1.82) is 0 Å². The van der Waals surface area contributed by atoms with Crippen LogP contribution in [0.2, 0.25) is 0 Å². The molecule has 2 aromatic rings. The molecule has 0 heterocycles. The van der Waals surface area contributed by atoms with E-state index in [1.807, 2.05) is 13.8 Å². The number of ether oxygens (including phenoxy) is 3. The van der Waals surface area contributed by atoms with Crippen molar-refractivity contribution in [1.82, 2.24) is 5.32 Å². The second-order valence-corrected chi connectivity index (χ2v) is 7.35. The van der Waals surface area contributed by atoms with Crippen molar-refractivity contribution in [2.75, 3.05) is 33.7 Å². The summed E-state index contributed by atoms with van der Waals surface area (Å²) in [4.78, 5) is 36.9. The van der Waals surface area contributed by atoms with Crippen LogP contribution < -0.4 is 5.32 Å². The molecule has 0 aliphatic heterocycles. The van der Waals surface area contributed by atoms with Gasteiger partial charge in [0.25, 0.3) is 5.91 Å².